The number of allylic oxidation sites excluding steroid dienone is 1. The van der Waals surface area contributed by atoms with E-state index in [9.17, 15) is 0 Å². The quantitative estimate of drug-likeness (QED) is 0.639. The lowest BCUT2D eigenvalue weighted by atomic mass is 10.2. The normalized spacial score (nSPS) is 10.5. The highest BCUT2D eigenvalue weighted by Gasteiger charge is 1.96. The number of hydrogen-bond acceptors (Lipinski definition) is 2. The summed E-state index contributed by atoms with van der Waals surface area (Å²) in [7, 11) is 0. The molecule has 0 saturated heterocycles. The minimum absolute atomic E-state index is 0.814. The molecule has 2 aromatic rings. The SMILES string of the molecule is CC(C)=CCNCc1ccc2ccccc2n1. The largest absolute Gasteiger partial charge is 0.308 e. The highest BCUT2D eigenvalue weighted by molar-refractivity contribution is 5.78. The first kappa shape index (κ1) is 11.8. The minimum Gasteiger partial charge on any atom is -0.308 e. The summed E-state index contributed by atoms with van der Waals surface area (Å²) < 4.78 is 0. The van der Waals surface area contributed by atoms with Crippen LogP contribution in [-0.2, 0) is 6.54 Å². The van der Waals surface area contributed by atoms with Crippen LogP contribution in [0.15, 0.2) is 48.0 Å². The van der Waals surface area contributed by atoms with Crippen molar-refractivity contribution < 1.29 is 0 Å². The fourth-order valence-electron chi connectivity index (χ4n) is 1.68. The maximum atomic E-state index is 4.61. The Morgan fingerprint density at radius 1 is 1.18 bits per heavy atom. The lowest BCUT2D eigenvalue weighted by Gasteiger charge is -2.03. The molecule has 0 aliphatic carbocycles. The molecule has 0 bridgehead atoms. The van der Waals surface area contributed by atoms with Gasteiger partial charge in [0.2, 0.25) is 0 Å². The number of pyridine rings is 1. The molecule has 1 aromatic heterocycles. The van der Waals surface area contributed by atoms with Crippen molar-refractivity contribution in [3.05, 3.63) is 53.7 Å². The van der Waals surface area contributed by atoms with Crippen molar-refractivity contribution >= 4 is 10.9 Å². The van der Waals surface area contributed by atoms with E-state index >= 15 is 0 Å². The number of nitrogens with one attached hydrogen (secondary N) is 1. The molecule has 0 aliphatic rings. The summed E-state index contributed by atoms with van der Waals surface area (Å²) >= 11 is 0. The number of nitrogens with zero attached hydrogens (tertiary/aromatic N) is 1. The fraction of sp³-hybridized carbons (Fsp3) is 0.267. The average Bonchev–Trinajstić information content (AvgIpc) is 2.34. The van der Waals surface area contributed by atoms with Gasteiger partial charge in [-0.1, -0.05) is 35.9 Å². The third kappa shape index (κ3) is 3.40. The van der Waals surface area contributed by atoms with Crippen molar-refractivity contribution in [2.75, 3.05) is 6.54 Å². The van der Waals surface area contributed by atoms with Crippen LogP contribution in [0, 0.1) is 0 Å². The molecule has 0 atom stereocenters. The Bertz CT molecular complexity index is 525. The van der Waals surface area contributed by atoms with E-state index in [1.807, 2.05) is 12.1 Å². The second kappa shape index (κ2) is 5.60. The van der Waals surface area contributed by atoms with Gasteiger partial charge in [-0.3, -0.25) is 4.98 Å². The van der Waals surface area contributed by atoms with E-state index in [1.54, 1.807) is 0 Å². The third-order valence-corrected chi connectivity index (χ3v) is 2.62. The first-order valence-electron chi connectivity index (χ1n) is 5.94. The van der Waals surface area contributed by atoms with Crippen LogP contribution in [0.3, 0.4) is 0 Å². The summed E-state index contributed by atoms with van der Waals surface area (Å²) in [6.07, 6.45) is 2.18. The first-order valence-corrected chi connectivity index (χ1v) is 5.94. The van der Waals surface area contributed by atoms with Gasteiger partial charge < -0.3 is 5.32 Å². The van der Waals surface area contributed by atoms with Gasteiger partial charge in [-0.15, -0.1) is 0 Å². The highest BCUT2D eigenvalue weighted by atomic mass is 14.9. The molecule has 0 spiro atoms. The Morgan fingerprint density at radius 3 is 2.82 bits per heavy atom. The van der Waals surface area contributed by atoms with Gasteiger partial charge in [-0.05, 0) is 26.0 Å². The van der Waals surface area contributed by atoms with Crippen LogP contribution in [-0.4, -0.2) is 11.5 Å². The lowest BCUT2D eigenvalue weighted by Crippen LogP contribution is -2.14. The molecule has 0 unspecified atom stereocenters. The second-order valence-electron chi connectivity index (χ2n) is 4.41. The van der Waals surface area contributed by atoms with Gasteiger partial charge in [-0.25, -0.2) is 0 Å². The first-order chi connectivity index (χ1) is 8.25. The summed E-state index contributed by atoms with van der Waals surface area (Å²) in [5, 5.41) is 4.55. The molecule has 1 heterocycles. The van der Waals surface area contributed by atoms with Crippen LogP contribution < -0.4 is 5.32 Å². The number of aromatic nitrogens is 1. The van der Waals surface area contributed by atoms with E-state index in [4.69, 9.17) is 0 Å². The number of rotatable bonds is 4. The lowest BCUT2D eigenvalue weighted by molar-refractivity contribution is 0.741. The van der Waals surface area contributed by atoms with Gasteiger partial charge in [0.25, 0.3) is 0 Å². The number of benzene rings is 1. The zero-order chi connectivity index (χ0) is 12.1. The van der Waals surface area contributed by atoms with Crippen molar-refractivity contribution in [3.63, 3.8) is 0 Å². The predicted octanol–water partition coefficient (Wildman–Crippen LogP) is 3.29. The van der Waals surface area contributed by atoms with E-state index in [0.717, 1.165) is 24.3 Å². The van der Waals surface area contributed by atoms with Crippen molar-refractivity contribution in [3.8, 4) is 0 Å². The molecule has 2 heteroatoms. The van der Waals surface area contributed by atoms with Crippen molar-refractivity contribution in [2.45, 2.75) is 20.4 Å². The van der Waals surface area contributed by atoms with Gasteiger partial charge in [-0.2, -0.15) is 0 Å². The Hall–Kier alpha value is -1.67. The van der Waals surface area contributed by atoms with Crippen LogP contribution in [0.4, 0.5) is 0 Å². The highest BCUT2D eigenvalue weighted by Crippen LogP contribution is 2.11. The van der Waals surface area contributed by atoms with Crippen molar-refractivity contribution in [1.29, 1.82) is 0 Å². The Balaban J connectivity index is 2.02. The summed E-state index contributed by atoms with van der Waals surface area (Å²) in [5.74, 6) is 0. The van der Waals surface area contributed by atoms with Gasteiger partial charge in [0.05, 0.1) is 11.2 Å². The maximum Gasteiger partial charge on any atom is 0.0705 e. The van der Waals surface area contributed by atoms with E-state index in [1.165, 1.54) is 11.0 Å². The zero-order valence-corrected chi connectivity index (χ0v) is 10.4. The van der Waals surface area contributed by atoms with Crippen molar-refractivity contribution in [2.24, 2.45) is 0 Å². The topological polar surface area (TPSA) is 24.9 Å². The van der Waals surface area contributed by atoms with Crippen LogP contribution in [0.1, 0.15) is 19.5 Å². The third-order valence-electron chi connectivity index (χ3n) is 2.62. The van der Waals surface area contributed by atoms with Crippen LogP contribution >= 0.6 is 0 Å². The summed E-state index contributed by atoms with van der Waals surface area (Å²) in [4.78, 5) is 4.61. The average molecular weight is 226 g/mol. The molecule has 1 aromatic carbocycles. The van der Waals surface area contributed by atoms with Gasteiger partial charge in [0, 0.05) is 18.5 Å². The van der Waals surface area contributed by atoms with Crippen LogP contribution in [0.5, 0.6) is 0 Å². The van der Waals surface area contributed by atoms with E-state index in [0.29, 0.717) is 0 Å². The fourth-order valence-corrected chi connectivity index (χ4v) is 1.68. The minimum atomic E-state index is 0.814. The van der Waals surface area contributed by atoms with Crippen LogP contribution in [0.25, 0.3) is 10.9 Å². The molecule has 0 amide bonds. The Morgan fingerprint density at radius 2 is 2.00 bits per heavy atom. The molecule has 0 saturated carbocycles. The molecule has 1 N–H and O–H groups in total. The number of para-hydroxylation sites is 1. The maximum absolute atomic E-state index is 4.61. The number of hydrogen-bond donors (Lipinski definition) is 1. The molecular weight excluding hydrogens is 208 g/mol. The molecule has 2 nitrogen and oxygen atoms in total. The van der Waals surface area contributed by atoms with Crippen LogP contribution in [0.2, 0.25) is 0 Å². The number of fused-ring (bicyclic) bond motifs is 1. The Kier molecular flexibility index (Phi) is 3.89. The Labute approximate surface area is 102 Å². The summed E-state index contributed by atoms with van der Waals surface area (Å²) in [6.45, 7) is 5.93. The molecule has 17 heavy (non-hydrogen) atoms. The van der Waals surface area contributed by atoms with E-state index in [-0.39, 0.29) is 0 Å². The van der Waals surface area contributed by atoms with Gasteiger partial charge in [0.1, 0.15) is 0 Å². The van der Waals surface area contributed by atoms with Gasteiger partial charge >= 0.3 is 0 Å². The molecular formula is C15H18N2. The van der Waals surface area contributed by atoms with Gasteiger partial charge in [0.15, 0.2) is 0 Å². The summed E-state index contributed by atoms with van der Waals surface area (Å²) in [6, 6.07) is 12.4. The zero-order valence-electron chi connectivity index (χ0n) is 10.4. The molecule has 0 aliphatic heterocycles. The summed E-state index contributed by atoms with van der Waals surface area (Å²) in [5.41, 5.74) is 3.49. The standard InChI is InChI=1S/C15H18N2/c1-12(2)9-10-16-11-14-8-7-13-5-3-4-6-15(13)17-14/h3-9,16H,10-11H2,1-2H3. The molecule has 0 fully saturated rings. The monoisotopic (exact) mass is 226 g/mol. The second-order valence-corrected chi connectivity index (χ2v) is 4.41. The van der Waals surface area contributed by atoms with E-state index in [2.05, 4.69) is 54.5 Å². The predicted molar refractivity (Wildman–Crippen MR) is 72.9 cm³/mol. The molecule has 2 rings (SSSR count). The molecule has 0 radical (unpaired) electrons. The molecule has 88 valence electrons. The van der Waals surface area contributed by atoms with E-state index < -0.39 is 0 Å². The smallest absolute Gasteiger partial charge is 0.0705 e. The van der Waals surface area contributed by atoms with Crippen molar-refractivity contribution in [1.82, 2.24) is 10.3 Å².